The third-order valence-electron chi connectivity index (χ3n) is 1.60. The van der Waals surface area contributed by atoms with Crippen LogP contribution in [0.1, 0.15) is 0 Å². The number of anilines is 1. The number of nitrogens with one attached hydrogen (secondary N) is 1. The van der Waals surface area contributed by atoms with Gasteiger partial charge in [-0.2, -0.15) is 0 Å². The molecule has 14 heavy (non-hydrogen) atoms. The highest BCUT2D eigenvalue weighted by molar-refractivity contribution is 9.10. The summed E-state index contributed by atoms with van der Waals surface area (Å²) in [6.45, 7) is 0. The summed E-state index contributed by atoms with van der Waals surface area (Å²) in [4.78, 5) is 4.35. The molecule has 3 nitrogen and oxygen atoms in total. The third-order valence-corrected chi connectivity index (χ3v) is 3.28. The predicted octanol–water partition coefficient (Wildman–Crippen LogP) is 2.71. The average Bonchev–Trinajstić information content (AvgIpc) is 2.47. The van der Waals surface area contributed by atoms with Crippen molar-refractivity contribution in [2.45, 2.75) is 0 Å². The molecule has 0 saturated heterocycles. The monoisotopic (exact) mass is 287 g/mol. The van der Waals surface area contributed by atoms with Gasteiger partial charge in [-0.3, -0.25) is 0 Å². The van der Waals surface area contributed by atoms with E-state index in [1.807, 2.05) is 18.2 Å². The number of nitrogens with two attached hydrogens (primary N) is 1. The number of nitrogens with zero attached hydrogens (tertiary/aromatic N) is 1. The van der Waals surface area contributed by atoms with Crippen molar-refractivity contribution in [1.29, 1.82) is 0 Å². The van der Waals surface area contributed by atoms with Gasteiger partial charge in [0.25, 0.3) is 0 Å². The zero-order chi connectivity index (χ0) is 10.1. The Labute approximate surface area is 98.5 Å². The molecule has 0 radical (unpaired) electrons. The van der Waals surface area contributed by atoms with Crippen LogP contribution in [0.3, 0.4) is 0 Å². The third kappa shape index (κ3) is 1.87. The minimum atomic E-state index is 0.236. The van der Waals surface area contributed by atoms with Crippen LogP contribution in [0.15, 0.2) is 22.7 Å². The fraction of sp³-hybridized carbons (Fsp3) is 0. The second kappa shape index (κ2) is 3.80. The van der Waals surface area contributed by atoms with E-state index in [-0.39, 0.29) is 5.11 Å². The van der Waals surface area contributed by atoms with Crippen molar-refractivity contribution in [3.8, 4) is 0 Å². The number of aromatic nitrogens is 1. The first-order chi connectivity index (χ1) is 6.66. The second-order valence-electron chi connectivity index (χ2n) is 2.59. The number of benzene rings is 1. The SMILES string of the molecule is NC(=S)Nc1nc2c(Br)cccc2s1. The molecule has 0 aliphatic carbocycles. The molecule has 0 saturated carbocycles. The van der Waals surface area contributed by atoms with E-state index in [0.717, 1.165) is 19.8 Å². The van der Waals surface area contributed by atoms with Crippen LogP contribution >= 0.6 is 39.5 Å². The van der Waals surface area contributed by atoms with E-state index >= 15 is 0 Å². The molecule has 0 aliphatic rings. The second-order valence-corrected chi connectivity index (χ2v) is 4.92. The highest BCUT2D eigenvalue weighted by Crippen LogP contribution is 2.30. The fourth-order valence-corrected chi connectivity index (χ4v) is 2.73. The minimum absolute atomic E-state index is 0.236. The fourth-order valence-electron chi connectivity index (χ4n) is 1.07. The van der Waals surface area contributed by atoms with Crippen LogP contribution in [0, 0.1) is 0 Å². The standard InChI is InChI=1S/C8H6BrN3S2/c9-4-2-1-3-5-6(4)11-8(14-5)12-7(10)13/h1-3H,(H3,10,11,12,13). The van der Waals surface area contributed by atoms with Gasteiger partial charge in [-0.05, 0) is 40.3 Å². The first-order valence-corrected chi connectivity index (χ1v) is 5.80. The molecule has 1 aromatic carbocycles. The molecule has 3 N–H and O–H groups in total. The van der Waals surface area contributed by atoms with E-state index < -0.39 is 0 Å². The maximum Gasteiger partial charge on any atom is 0.190 e. The molecule has 72 valence electrons. The summed E-state index contributed by atoms with van der Waals surface area (Å²) in [5.74, 6) is 0. The van der Waals surface area contributed by atoms with Crippen LogP contribution < -0.4 is 11.1 Å². The first kappa shape index (κ1) is 9.82. The number of thiocarbonyl (C=S) groups is 1. The molecule has 0 amide bonds. The van der Waals surface area contributed by atoms with Crippen molar-refractivity contribution in [3.05, 3.63) is 22.7 Å². The molecule has 0 atom stereocenters. The number of rotatable bonds is 1. The Kier molecular flexibility index (Phi) is 2.66. The topological polar surface area (TPSA) is 50.9 Å². The Hall–Kier alpha value is -0.720. The van der Waals surface area contributed by atoms with Crippen LogP contribution in [0.5, 0.6) is 0 Å². The van der Waals surface area contributed by atoms with Gasteiger partial charge in [0.15, 0.2) is 10.2 Å². The van der Waals surface area contributed by atoms with Crippen molar-refractivity contribution in [2.75, 3.05) is 5.32 Å². The number of halogens is 1. The Bertz CT molecular complexity index is 494. The number of para-hydroxylation sites is 1. The molecule has 1 aromatic heterocycles. The average molecular weight is 288 g/mol. The van der Waals surface area contributed by atoms with Gasteiger partial charge in [-0.1, -0.05) is 17.4 Å². The Morgan fingerprint density at radius 3 is 3.00 bits per heavy atom. The molecule has 0 aliphatic heterocycles. The van der Waals surface area contributed by atoms with Crippen molar-refractivity contribution in [2.24, 2.45) is 5.73 Å². The van der Waals surface area contributed by atoms with Crippen LogP contribution in [0.4, 0.5) is 5.13 Å². The largest absolute Gasteiger partial charge is 0.376 e. The Morgan fingerprint density at radius 1 is 1.57 bits per heavy atom. The van der Waals surface area contributed by atoms with Gasteiger partial charge in [0.1, 0.15) is 0 Å². The molecular formula is C8H6BrN3S2. The van der Waals surface area contributed by atoms with E-state index in [2.05, 4.69) is 26.2 Å². The van der Waals surface area contributed by atoms with Gasteiger partial charge in [0.05, 0.1) is 10.2 Å². The van der Waals surface area contributed by atoms with Crippen molar-refractivity contribution in [3.63, 3.8) is 0 Å². The summed E-state index contributed by atoms with van der Waals surface area (Å²) in [5.41, 5.74) is 6.29. The number of hydrogen-bond donors (Lipinski definition) is 2. The normalized spacial score (nSPS) is 10.4. The van der Waals surface area contributed by atoms with E-state index in [0.29, 0.717) is 0 Å². The summed E-state index contributed by atoms with van der Waals surface area (Å²) in [6.07, 6.45) is 0. The van der Waals surface area contributed by atoms with Gasteiger partial charge >= 0.3 is 0 Å². The van der Waals surface area contributed by atoms with E-state index in [1.54, 1.807) is 0 Å². The zero-order valence-corrected chi connectivity index (χ0v) is 10.2. The minimum Gasteiger partial charge on any atom is -0.376 e. The maximum atomic E-state index is 5.36. The summed E-state index contributed by atoms with van der Waals surface area (Å²) in [7, 11) is 0. The number of fused-ring (bicyclic) bond motifs is 1. The summed E-state index contributed by atoms with van der Waals surface area (Å²) >= 11 is 9.69. The molecular weight excluding hydrogens is 282 g/mol. The molecule has 6 heteroatoms. The van der Waals surface area contributed by atoms with Crippen LogP contribution in [-0.2, 0) is 0 Å². The van der Waals surface area contributed by atoms with Crippen molar-refractivity contribution < 1.29 is 0 Å². The lowest BCUT2D eigenvalue weighted by Crippen LogP contribution is -2.18. The molecule has 0 spiro atoms. The quantitative estimate of drug-likeness (QED) is 0.792. The molecule has 2 rings (SSSR count). The van der Waals surface area contributed by atoms with E-state index in [9.17, 15) is 0 Å². The predicted molar refractivity (Wildman–Crippen MR) is 67.7 cm³/mol. The zero-order valence-electron chi connectivity index (χ0n) is 6.95. The molecule has 0 fully saturated rings. The van der Waals surface area contributed by atoms with Crippen molar-refractivity contribution >= 4 is 59.9 Å². The lowest BCUT2D eigenvalue weighted by Gasteiger charge is -1.94. The molecule has 0 unspecified atom stereocenters. The molecule has 1 heterocycles. The highest BCUT2D eigenvalue weighted by atomic mass is 79.9. The van der Waals surface area contributed by atoms with Gasteiger partial charge in [0, 0.05) is 4.47 Å². The van der Waals surface area contributed by atoms with E-state index in [1.165, 1.54) is 11.3 Å². The van der Waals surface area contributed by atoms with Gasteiger partial charge in [-0.25, -0.2) is 4.98 Å². The van der Waals surface area contributed by atoms with Gasteiger partial charge in [0.2, 0.25) is 0 Å². The number of thiazole rings is 1. The van der Waals surface area contributed by atoms with Crippen LogP contribution in [0.25, 0.3) is 10.2 Å². The Morgan fingerprint density at radius 2 is 2.36 bits per heavy atom. The van der Waals surface area contributed by atoms with Gasteiger partial charge in [-0.15, -0.1) is 0 Å². The number of hydrogen-bond acceptors (Lipinski definition) is 3. The maximum absolute atomic E-state index is 5.36. The van der Waals surface area contributed by atoms with Crippen LogP contribution in [0.2, 0.25) is 0 Å². The highest BCUT2D eigenvalue weighted by Gasteiger charge is 2.05. The van der Waals surface area contributed by atoms with Crippen molar-refractivity contribution in [1.82, 2.24) is 4.98 Å². The smallest absolute Gasteiger partial charge is 0.190 e. The molecule has 0 bridgehead atoms. The summed E-state index contributed by atoms with van der Waals surface area (Å²) < 4.78 is 2.07. The van der Waals surface area contributed by atoms with Gasteiger partial charge < -0.3 is 11.1 Å². The lowest BCUT2D eigenvalue weighted by molar-refractivity contribution is 1.46. The first-order valence-electron chi connectivity index (χ1n) is 3.78. The summed E-state index contributed by atoms with van der Waals surface area (Å²) in [5, 5.41) is 3.78. The summed E-state index contributed by atoms with van der Waals surface area (Å²) in [6, 6.07) is 5.92. The van der Waals surface area contributed by atoms with Crippen LogP contribution in [-0.4, -0.2) is 10.1 Å². The molecule has 2 aromatic rings. The Balaban J connectivity index is 2.51. The lowest BCUT2D eigenvalue weighted by atomic mass is 10.3. The van der Waals surface area contributed by atoms with E-state index in [4.69, 9.17) is 18.0 Å².